The van der Waals surface area contributed by atoms with E-state index in [2.05, 4.69) is 0 Å². The molecule has 0 heterocycles. The highest BCUT2D eigenvalue weighted by Gasteiger charge is 2.11. The molecule has 2 nitrogen and oxygen atoms in total. The molecule has 5 heteroatoms. The molecule has 0 spiro atoms. The lowest BCUT2D eigenvalue weighted by Gasteiger charge is -2.05. The van der Waals surface area contributed by atoms with Crippen LogP contribution in [0.1, 0.15) is 10.4 Å². The van der Waals surface area contributed by atoms with E-state index in [9.17, 15) is 4.79 Å². The average molecular weight is 312 g/mol. The molecule has 0 saturated carbocycles. The van der Waals surface area contributed by atoms with E-state index >= 15 is 0 Å². The zero-order valence-corrected chi connectivity index (χ0v) is 12.2. The third-order valence-electron chi connectivity index (χ3n) is 2.46. The Labute approximate surface area is 125 Å². The summed E-state index contributed by atoms with van der Waals surface area (Å²) in [6.07, 6.45) is 0. The van der Waals surface area contributed by atoms with Crippen molar-refractivity contribution in [1.82, 2.24) is 0 Å². The quantitative estimate of drug-likeness (QED) is 0.511. The van der Waals surface area contributed by atoms with Gasteiger partial charge in [0.2, 0.25) is 0 Å². The molecule has 0 aliphatic rings. The Morgan fingerprint density at radius 2 is 1.95 bits per heavy atom. The van der Waals surface area contributed by atoms with Gasteiger partial charge in [-0.25, -0.2) is 0 Å². The van der Waals surface area contributed by atoms with Crippen molar-refractivity contribution in [3.8, 4) is 0 Å². The molecule has 2 aromatic carbocycles. The SMILES string of the molecule is Nc1cccc(SCC(=O)c2ccc(Cl)cc2Cl)c1. The second-order valence-corrected chi connectivity index (χ2v) is 5.80. The van der Waals surface area contributed by atoms with Crippen molar-refractivity contribution in [2.24, 2.45) is 0 Å². The van der Waals surface area contributed by atoms with Crippen LogP contribution < -0.4 is 5.73 Å². The number of nitrogen functional groups attached to an aromatic ring is 1. The van der Waals surface area contributed by atoms with E-state index in [1.54, 1.807) is 18.2 Å². The van der Waals surface area contributed by atoms with Crippen molar-refractivity contribution in [3.05, 3.63) is 58.1 Å². The minimum atomic E-state index is -0.0332. The van der Waals surface area contributed by atoms with E-state index in [0.29, 0.717) is 27.0 Å². The Kier molecular flexibility index (Phi) is 4.75. The molecule has 0 atom stereocenters. The Bertz CT molecular complexity index is 616. The van der Waals surface area contributed by atoms with Crippen LogP contribution in [-0.4, -0.2) is 11.5 Å². The van der Waals surface area contributed by atoms with E-state index < -0.39 is 0 Å². The first kappa shape index (κ1) is 14.3. The second-order valence-electron chi connectivity index (χ2n) is 3.91. The molecule has 19 heavy (non-hydrogen) atoms. The fraction of sp³-hybridized carbons (Fsp3) is 0.0714. The van der Waals surface area contributed by atoms with E-state index in [1.807, 2.05) is 24.3 Å². The van der Waals surface area contributed by atoms with Crippen LogP contribution in [0.4, 0.5) is 5.69 Å². The van der Waals surface area contributed by atoms with Crippen LogP contribution in [0.15, 0.2) is 47.4 Å². The number of nitrogens with two attached hydrogens (primary N) is 1. The average Bonchev–Trinajstić information content (AvgIpc) is 2.36. The summed E-state index contributed by atoms with van der Waals surface area (Å²) < 4.78 is 0. The lowest BCUT2D eigenvalue weighted by molar-refractivity contribution is 0.102. The van der Waals surface area contributed by atoms with E-state index in [-0.39, 0.29) is 5.78 Å². The van der Waals surface area contributed by atoms with Gasteiger partial charge in [-0.3, -0.25) is 4.79 Å². The van der Waals surface area contributed by atoms with Gasteiger partial charge in [0.1, 0.15) is 0 Å². The van der Waals surface area contributed by atoms with Gasteiger partial charge in [-0.05, 0) is 36.4 Å². The molecular formula is C14H11Cl2NOS. The lowest BCUT2D eigenvalue weighted by Crippen LogP contribution is -2.03. The smallest absolute Gasteiger partial charge is 0.174 e. The summed E-state index contributed by atoms with van der Waals surface area (Å²) in [7, 11) is 0. The Morgan fingerprint density at radius 1 is 1.16 bits per heavy atom. The summed E-state index contributed by atoms with van der Waals surface area (Å²) >= 11 is 13.2. The van der Waals surface area contributed by atoms with Crippen molar-refractivity contribution in [2.75, 3.05) is 11.5 Å². The normalized spacial score (nSPS) is 10.4. The summed E-state index contributed by atoms with van der Waals surface area (Å²) in [5.41, 5.74) is 6.85. The predicted octanol–water partition coefficient (Wildman–Crippen LogP) is 4.55. The number of rotatable bonds is 4. The molecule has 2 N–H and O–H groups in total. The summed E-state index contributed by atoms with van der Waals surface area (Å²) in [4.78, 5) is 13.0. The number of carbonyl (C=O) groups is 1. The van der Waals surface area contributed by atoms with Crippen LogP contribution in [0.3, 0.4) is 0 Å². The van der Waals surface area contributed by atoms with Crippen molar-refractivity contribution in [3.63, 3.8) is 0 Å². The highest BCUT2D eigenvalue weighted by Crippen LogP contribution is 2.25. The largest absolute Gasteiger partial charge is 0.399 e. The molecule has 0 bridgehead atoms. The van der Waals surface area contributed by atoms with E-state index in [4.69, 9.17) is 28.9 Å². The Morgan fingerprint density at radius 3 is 2.63 bits per heavy atom. The van der Waals surface area contributed by atoms with Crippen LogP contribution in [0.2, 0.25) is 10.0 Å². The Balaban J connectivity index is 2.05. The van der Waals surface area contributed by atoms with Crippen molar-refractivity contribution < 1.29 is 4.79 Å². The van der Waals surface area contributed by atoms with Gasteiger partial charge < -0.3 is 5.73 Å². The number of Topliss-reactive ketones (excluding diaryl/α,β-unsaturated/α-hetero) is 1. The van der Waals surface area contributed by atoms with Gasteiger partial charge in [0.15, 0.2) is 5.78 Å². The number of thioether (sulfide) groups is 1. The minimum absolute atomic E-state index is 0.0332. The van der Waals surface area contributed by atoms with Gasteiger partial charge in [0, 0.05) is 21.2 Å². The van der Waals surface area contributed by atoms with Gasteiger partial charge in [-0.15, -0.1) is 11.8 Å². The van der Waals surface area contributed by atoms with Gasteiger partial charge >= 0.3 is 0 Å². The fourth-order valence-corrected chi connectivity index (χ4v) is 2.91. The van der Waals surface area contributed by atoms with Crippen molar-refractivity contribution in [1.29, 1.82) is 0 Å². The minimum Gasteiger partial charge on any atom is -0.399 e. The zero-order chi connectivity index (χ0) is 13.8. The molecule has 0 aromatic heterocycles. The van der Waals surface area contributed by atoms with Crippen molar-refractivity contribution >= 4 is 46.4 Å². The summed E-state index contributed by atoms with van der Waals surface area (Å²) in [5.74, 6) is 0.277. The molecule has 0 amide bonds. The predicted molar refractivity (Wildman–Crippen MR) is 82.4 cm³/mol. The highest BCUT2D eigenvalue weighted by atomic mass is 35.5. The zero-order valence-electron chi connectivity index (χ0n) is 9.90. The highest BCUT2D eigenvalue weighted by molar-refractivity contribution is 8.00. The van der Waals surface area contributed by atoms with E-state index in [1.165, 1.54) is 11.8 Å². The number of hydrogen-bond donors (Lipinski definition) is 1. The van der Waals surface area contributed by atoms with Crippen LogP contribution in [-0.2, 0) is 0 Å². The van der Waals surface area contributed by atoms with Crippen LogP contribution in [0.25, 0.3) is 0 Å². The monoisotopic (exact) mass is 311 g/mol. The van der Waals surface area contributed by atoms with Crippen LogP contribution in [0, 0.1) is 0 Å². The second kappa shape index (κ2) is 6.33. The standard InChI is InChI=1S/C14H11Cl2NOS/c15-9-4-5-12(13(16)6-9)14(18)8-19-11-3-1-2-10(17)7-11/h1-7H,8,17H2. The molecule has 0 aliphatic carbocycles. The number of ketones is 1. The maximum atomic E-state index is 12.1. The fourth-order valence-electron chi connectivity index (χ4n) is 1.55. The van der Waals surface area contributed by atoms with E-state index in [0.717, 1.165) is 4.90 Å². The number of benzene rings is 2. The molecule has 2 aromatic rings. The van der Waals surface area contributed by atoms with Gasteiger partial charge in [-0.1, -0.05) is 29.3 Å². The summed E-state index contributed by atoms with van der Waals surface area (Å²) in [6, 6.07) is 12.3. The molecule has 0 fully saturated rings. The number of carbonyl (C=O) groups excluding carboxylic acids is 1. The topological polar surface area (TPSA) is 43.1 Å². The van der Waals surface area contributed by atoms with Crippen LogP contribution >= 0.6 is 35.0 Å². The maximum absolute atomic E-state index is 12.1. The molecule has 0 radical (unpaired) electrons. The first-order valence-electron chi connectivity index (χ1n) is 5.53. The molecule has 0 unspecified atom stereocenters. The summed E-state index contributed by atoms with van der Waals surface area (Å²) in [5, 5.41) is 0.899. The maximum Gasteiger partial charge on any atom is 0.174 e. The van der Waals surface area contributed by atoms with Gasteiger partial charge in [0.25, 0.3) is 0 Å². The third kappa shape index (κ3) is 3.90. The molecule has 2 rings (SSSR count). The first-order chi connectivity index (χ1) is 9.06. The third-order valence-corrected chi connectivity index (χ3v) is 4.00. The van der Waals surface area contributed by atoms with Gasteiger partial charge in [0.05, 0.1) is 10.8 Å². The molecule has 0 saturated heterocycles. The molecule has 0 aliphatic heterocycles. The van der Waals surface area contributed by atoms with Crippen LogP contribution in [0.5, 0.6) is 0 Å². The number of hydrogen-bond acceptors (Lipinski definition) is 3. The number of halogens is 2. The lowest BCUT2D eigenvalue weighted by atomic mass is 10.1. The Hall–Kier alpha value is -1.16. The molecular weight excluding hydrogens is 301 g/mol. The number of anilines is 1. The molecule has 98 valence electrons. The summed E-state index contributed by atoms with van der Waals surface area (Å²) in [6.45, 7) is 0. The van der Waals surface area contributed by atoms with Crippen molar-refractivity contribution in [2.45, 2.75) is 4.90 Å². The van der Waals surface area contributed by atoms with Gasteiger partial charge in [-0.2, -0.15) is 0 Å². The first-order valence-corrected chi connectivity index (χ1v) is 7.27.